The van der Waals surface area contributed by atoms with Crippen LogP contribution >= 0.6 is 0 Å². The van der Waals surface area contributed by atoms with E-state index in [1.54, 1.807) is 0 Å². The van der Waals surface area contributed by atoms with Gasteiger partial charge in [-0.1, -0.05) is 0 Å². The molecule has 1 atom stereocenters. The molecule has 0 unspecified atom stereocenters. The molecule has 1 aromatic rings. The van der Waals surface area contributed by atoms with Gasteiger partial charge in [-0.3, -0.25) is 0 Å². The summed E-state index contributed by atoms with van der Waals surface area (Å²) in [6.07, 6.45) is -0.615. The van der Waals surface area contributed by atoms with Gasteiger partial charge in [0.05, 0.1) is 6.10 Å². The SMILES string of the molecule is CN1C[C@H](O)c2cc(N=O)c(O)cc21. The van der Waals surface area contributed by atoms with Crippen molar-refractivity contribution in [1.82, 2.24) is 0 Å². The fraction of sp³-hybridized carbons (Fsp3) is 0.333. The summed E-state index contributed by atoms with van der Waals surface area (Å²) in [5.41, 5.74) is 1.35. The van der Waals surface area contributed by atoms with Crippen molar-refractivity contribution in [2.75, 3.05) is 18.5 Å². The number of phenolic OH excluding ortho intramolecular Hbond substituents is 1. The highest BCUT2D eigenvalue weighted by Crippen LogP contribution is 2.41. The van der Waals surface area contributed by atoms with E-state index >= 15 is 0 Å². The number of aliphatic hydroxyl groups excluding tert-OH is 1. The van der Waals surface area contributed by atoms with Gasteiger partial charge in [-0.05, 0) is 11.2 Å². The fourth-order valence-electron chi connectivity index (χ4n) is 1.71. The number of anilines is 1. The van der Waals surface area contributed by atoms with Crippen molar-refractivity contribution >= 4 is 11.4 Å². The van der Waals surface area contributed by atoms with E-state index in [-0.39, 0.29) is 11.4 Å². The van der Waals surface area contributed by atoms with E-state index in [4.69, 9.17) is 0 Å². The Bertz CT molecular complexity index is 392. The van der Waals surface area contributed by atoms with Crippen LogP contribution in [0.3, 0.4) is 0 Å². The molecule has 0 bridgehead atoms. The summed E-state index contributed by atoms with van der Waals surface area (Å²) in [5.74, 6) is -0.153. The van der Waals surface area contributed by atoms with Gasteiger partial charge in [-0.15, -0.1) is 4.91 Å². The zero-order chi connectivity index (χ0) is 10.3. The van der Waals surface area contributed by atoms with Crippen LogP contribution in [0.5, 0.6) is 5.75 Å². The number of fused-ring (bicyclic) bond motifs is 1. The number of hydrogen-bond donors (Lipinski definition) is 2. The summed E-state index contributed by atoms with van der Waals surface area (Å²) in [4.78, 5) is 12.1. The topological polar surface area (TPSA) is 73.1 Å². The zero-order valence-electron chi connectivity index (χ0n) is 7.64. The van der Waals surface area contributed by atoms with E-state index in [0.717, 1.165) is 5.69 Å². The van der Waals surface area contributed by atoms with Crippen LogP contribution < -0.4 is 4.90 Å². The number of phenols is 1. The Morgan fingerprint density at radius 1 is 1.57 bits per heavy atom. The van der Waals surface area contributed by atoms with Crippen LogP contribution in [0, 0.1) is 4.91 Å². The number of benzene rings is 1. The molecule has 1 aliphatic heterocycles. The van der Waals surface area contributed by atoms with Crippen molar-refractivity contribution in [2.24, 2.45) is 5.18 Å². The van der Waals surface area contributed by atoms with Gasteiger partial charge in [-0.2, -0.15) is 0 Å². The first-order valence-corrected chi connectivity index (χ1v) is 4.23. The van der Waals surface area contributed by atoms with Gasteiger partial charge in [0, 0.05) is 30.9 Å². The molecular weight excluding hydrogens is 184 g/mol. The molecule has 2 N–H and O–H groups in total. The Balaban J connectivity index is 2.59. The molecule has 0 aromatic heterocycles. The molecule has 0 saturated heterocycles. The fourth-order valence-corrected chi connectivity index (χ4v) is 1.71. The molecular formula is C9H10N2O3. The van der Waals surface area contributed by atoms with Gasteiger partial charge in [0.1, 0.15) is 11.4 Å². The normalized spacial score (nSPS) is 19.6. The lowest BCUT2D eigenvalue weighted by atomic mass is 10.1. The molecule has 5 heteroatoms. The Morgan fingerprint density at radius 3 is 2.93 bits per heavy atom. The Kier molecular flexibility index (Phi) is 1.89. The van der Waals surface area contributed by atoms with E-state index in [0.29, 0.717) is 12.1 Å². The lowest BCUT2D eigenvalue weighted by Crippen LogP contribution is -2.14. The van der Waals surface area contributed by atoms with Crippen LogP contribution in [0.15, 0.2) is 17.3 Å². The summed E-state index contributed by atoms with van der Waals surface area (Å²) in [6, 6.07) is 2.87. The number of nitroso groups, excluding NO2 is 1. The average molecular weight is 194 g/mol. The Labute approximate surface area is 80.6 Å². The molecule has 0 radical (unpaired) electrons. The second-order valence-electron chi connectivity index (χ2n) is 3.39. The molecule has 0 amide bonds. The highest BCUT2D eigenvalue weighted by atomic mass is 16.3. The van der Waals surface area contributed by atoms with Crippen LogP contribution in [0.2, 0.25) is 0 Å². The van der Waals surface area contributed by atoms with Gasteiger partial charge in [0.15, 0.2) is 0 Å². The van der Waals surface area contributed by atoms with Crippen molar-refractivity contribution in [2.45, 2.75) is 6.10 Å². The Hall–Kier alpha value is -1.62. The third-order valence-electron chi connectivity index (χ3n) is 2.44. The summed E-state index contributed by atoms with van der Waals surface area (Å²) in [5, 5.41) is 21.6. The number of rotatable bonds is 1. The minimum Gasteiger partial charge on any atom is -0.505 e. The molecule has 1 heterocycles. The molecule has 14 heavy (non-hydrogen) atoms. The van der Waals surface area contributed by atoms with Crippen LogP contribution in [0.25, 0.3) is 0 Å². The molecule has 0 aliphatic carbocycles. The number of aliphatic hydroxyl groups is 1. The van der Waals surface area contributed by atoms with E-state index in [1.807, 2.05) is 11.9 Å². The number of likely N-dealkylation sites (N-methyl/N-ethyl adjacent to an activating group) is 1. The average Bonchev–Trinajstić information content (AvgIpc) is 2.41. The first kappa shape index (κ1) is 8.96. The summed E-state index contributed by atoms with van der Waals surface area (Å²) < 4.78 is 0. The molecule has 74 valence electrons. The van der Waals surface area contributed by atoms with Crippen molar-refractivity contribution in [3.8, 4) is 5.75 Å². The third kappa shape index (κ3) is 1.13. The zero-order valence-corrected chi connectivity index (χ0v) is 7.64. The highest BCUT2D eigenvalue weighted by molar-refractivity contribution is 5.68. The maximum Gasteiger partial charge on any atom is 0.150 e. The molecule has 1 aliphatic rings. The smallest absolute Gasteiger partial charge is 0.150 e. The molecule has 0 fully saturated rings. The second kappa shape index (κ2) is 2.95. The summed E-state index contributed by atoms with van der Waals surface area (Å²) in [6.45, 7) is 0.469. The van der Waals surface area contributed by atoms with Gasteiger partial charge in [-0.25, -0.2) is 0 Å². The molecule has 0 saturated carbocycles. The highest BCUT2D eigenvalue weighted by Gasteiger charge is 2.26. The largest absolute Gasteiger partial charge is 0.505 e. The molecule has 5 nitrogen and oxygen atoms in total. The summed E-state index contributed by atoms with van der Waals surface area (Å²) >= 11 is 0. The second-order valence-corrected chi connectivity index (χ2v) is 3.39. The molecule has 1 aromatic carbocycles. The minimum absolute atomic E-state index is 0.0295. The van der Waals surface area contributed by atoms with E-state index in [2.05, 4.69) is 5.18 Å². The third-order valence-corrected chi connectivity index (χ3v) is 2.44. The van der Waals surface area contributed by atoms with E-state index in [9.17, 15) is 15.1 Å². The first-order chi connectivity index (χ1) is 6.63. The van der Waals surface area contributed by atoms with E-state index < -0.39 is 6.10 Å². The van der Waals surface area contributed by atoms with Crippen molar-refractivity contribution < 1.29 is 10.2 Å². The van der Waals surface area contributed by atoms with Gasteiger partial charge < -0.3 is 15.1 Å². The predicted molar refractivity (Wildman–Crippen MR) is 51.8 cm³/mol. The molecule has 0 spiro atoms. The minimum atomic E-state index is -0.615. The molecule has 2 rings (SSSR count). The number of aromatic hydroxyl groups is 1. The van der Waals surface area contributed by atoms with Crippen LogP contribution in [-0.2, 0) is 0 Å². The van der Waals surface area contributed by atoms with Crippen LogP contribution in [0.4, 0.5) is 11.4 Å². The monoisotopic (exact) mass is 194 g/mol. The van der Waals surface area contributed by atoms with Gasteiger partial charge in [0.25, 0.3) is 0 Å². The van der Waals surface area contributed by atoms with Crippen LogP contribution in [0.1, 0.15) is 11.7 Å². The quantitative estimate of drug-likeness (QED) is 0.660. The summed E-state index contributed by atoms with van der Waals surface area (Å²) in [7, 11) is 1.81. The lowest BCUT2D eigenvalue weighted by Gasteiger charge is -2.11. The number of β-amino-alcohol motifs (C(OH)–C–C–N with tert-alkyl or cyclic N) is 1. The van der Waals surface area contributed by atoms with Gasteiger partial charge >= 0.3 is 0 Å². The number of hydrogen-bond acceptors (Lipinski definition) is 5. The van der Waals surface area contributed by atoms with Gasteiger partial charge in [0.2, 0.25) is 0 Å². The maximum atomic E-state index is 10.3. The van der Waals surface area contributed by atoms with E-state index in [1.165, 1.54) is 12.1 Å². The standard InChI is InChI=1S/C9H10N2O3/c1-11-4-9(13)5-2-6(10-14)8(12)3-7(5)11/h2-3,9,12-13H,4H2,1H3/t9-/m0/s1. The Morgan fingerprint density at radius 2 is 2.29 bits per heavy atom. The van der Waals surface area contributed by atoms with Crippen molar-refractivity contribution in [1.29, 1.82) is 0 Å². The predicted octanol–water partition coefficient (Wildman–Crippen LogP) is 1.27. The van der Waals surface area contributed by atoms with Crippen molar-refractivity contribution in [3.05, 3.63) is 22.6 Å². The van der Waals surface area contributed by atoms with Crippen LogP contribution in [-0.4, -0.2) is 23.8 Å². The number of nitrogens with zero attached hydrogens (tertiary/aromatic N) is 2. The van der Waals surface area contributed by atoms with Crippen molar-refractivity contribution in [3.63, 3.8) is 0 Å². The maximum absolute atomic E-state index is 10.3. The first-order valence-electron chi connectivity index (χ1n) is 4.23. The lowest BCUT2D eigenvalue weighted by molar-refractivity contribution is 0.195.